The van der Waals surface area contributed by atoms with E-state index >= 15 is 0 Å². The number of ketones is 1. The van der Waals surface area contributed by atoms with E-state index in [1.807, 2.05) is 30.3 Å². The summed E-state index contributed by atoms with van der Waals surface area (Å²) >= 11 is 0. The van der Waals surface area contributed by atoms with Gasteiger partial charge in [0, 0.05) is 18.4 Å². The van der Waals surface area contributed by atoms with Crippen LogP contribution in [0.1, 0.15) is 17.5 Å². The third-order valence-corrected chi connectivity index (χ3v) is 4.05. The Balaban J connectivity index is 1.64. The summed E-state index contributed by atoms with van der Waals surface area (Å²) in [6.07, 6.45) is -0.214. The summed E-state index contributed by atoms with van der Waals surface area (Å²) in [5, 5.41) is 0. The zero-order chi connectivity index (χ0) is 16.4. The van der Waals surface area contributed by atoms with Crippen molar-refractivity contribution in [2.75, 3.05) is 0 Å². The summed E-state index contributed by atoms with van der Waals surface area (Å²) in [6, 6.07) is 10.8. The number of halogens is 3. The molecule has 0 aliphatic heterocycles. The lowest BCUT2D eigenvalue weighted by atomic mass is 9.76. The summed E-state index contributed by atoms with van der Waals surface area (Å²) in [6.45, 7) is 0.286. The van der Waals surface area contributed by atoms with Gasteiger partial charge in [0.2, 0.25) is 0 Å². The maximum Gasteiger partial charge on any atom is 0.162 e. The van der Waals surface area contributed by atoms with Crippen molar-refractivity contribution in [3.8, 4) is 0 Å². The lowest BCUT2D eigenvalue weighted by Gasteiger charge is -2.35. The summed E-state index contributed by atoms with van der Waals surface area (Å²) in [7, 11) is 0. The van der Waals surface area contributed by atoms with Crippen LogP contribution in [0.3, 0.4) is 0 Å². The van der Waals surface area contributed by atoms with Crippen LogP contribution in [0.25, 0.3) is 0 Å². The van der Waals surface area contributed by atoms with Crippen LogP contribution in [0.4, 0.5) is 13.2 Å². The number of benzene rings is 2. The average molecular weight is 320 g/mol. The Kier molecular flexibility index (Phi) is 4.48. The number of Topliss-reactive ketones (excluding diaryl/α,β-unsaturated/α-hetero) is 1. The molecule has 2 aromatic rings. The van der Waals surface area contributed by atoms with Crippen molar-refractivity contribution < 1.29 is 22.7 Å². The van der Waals surface area contributed by atoms with Gasteiger partial charge in [0.05, 0.1) is 6.61 Å². The van der Waals surface area contributed by atoms with Crippen LogP contribution in [0.5, 0.6) is 0 Å². The SMILES string of the molecule is O=C1C[C@@H](Cc2cc(F)c(F)cc2F)C1OCc1ccccc1. The molecule has 0 amide bonds. The van der Waals surface area contributed by atoms with Crippen molar-refractivity contribution in [2.45, 2.75) is 25.6 Å². The first-order chi connectivity index (χ1) is 11.0. The van der Waals surface area contributed by atoms with Gasteiger partial charge < -0.3 is 4.74 Å². The van der Waals surface area contributed by atoms with Crippen molar-refractivity contribution in [1.29, 1.82) is 0 Å². The lowest BCUT2D eigenvalue weighted by Crippen LogP contribution is -2.45. The molecule has 0 heterocycles. The standard InChI is InChI=1S/C18H15F3O2/c19-14-9-16(21)15(20)7-12(14)6-13-8-17(22)18(13)23-10-11-4-2-1-3-5-11/h1-5,7,9,13,18H,6,8,10H2/t13-,18?/m1/s1. The van der Waals surface area contributed by atoms with E-state index < -0.39 is 23.6 Å². The normalized spacial score (nSPS) is 20.4. The van der Waals surface area contributed by atoms with E-state index in [1.54, 1.807) is 0 Å². The van der Waals surface area contributed by atoms with Gasteiger partial charge in [0.15, 0.2) is 17.4 Å². The molecule has 0 N–H and O–H groups in total. The zero-order valence-electron chi connectivity index (χ0n) is 12.3. The largest absolute Gasteiger partial charge is 0.365 e. The van der Waals surface area contributed by atoms with E-state index in [9.17, 15) is 18.0 Å². The third-order valence-electron chi connectivity index (χ3n) is 4.05. The van der Waals surface area contributed by atoms with Crippen LogP contribution in [-0.2, 0) is 22.6 Å². The molecule has 1 unspecified atom stereocenters. The van der Waals surface area contributed by atoms with Gasteiger partial charge in [0.1, 0.15) is 11.9 Å². The second-order valence-corrected chi connectivity index (χ2v) is 5.71. The Hall–Kier alpha value is -2.14. The van der Waals surface area contributed by atoms with Gasteiger partial charge in [-0.05, 0) is 23.6 Å². The summed E-state index contributed by atoms with van der Waals surface area (Å²) < 4.78 is 45.5. The van der Waals surface area contributed by atoms with E-state index in [-0.39, 0.29) is 36.7 Å². The Morgan fingerprint density at radius 2 is 1.70 bits per heavy atom. The van der Waals surface area contributed by atoms with E-state index in [2.05, 4.69) is 0 Å². The molecule has 1 fully saturated rings. The quantitative estimate of drug-likeness (QED) is 0.783. The minimum atomic E-state index is -1.21. The molecule has 120 valence electrons. The highest BCUT2D eigenvalue weighted by atomic mass is 19.2. The van der Waals surface area contributed by atoms with Crippen LogP contribution >= 0.6 is 0 Å². The van der Waals surface area contributed by atoms with Crippen LogP contribution < -0.4 is 0 Å². The molecule has 0 bridgehead atoms. The maximum absolute atomic E-state index is 13.7. The van der Waals surface area contributed by atoms with Gasteiger partial charge in [-0.25, -0.2) is 13.2 Å². The highest BCUT2D eigenvalue weighted by Gasteiger charge is 2.40. The molecular weight excluding hydrogens is 305 g/mol. The Labute approximate surface area is 131 Å². The molecule has 0 saturated heterocycles. The lowest BCUT2D eigenvalue weighted by molar-refractivity contribution is -0.150. The topological polar surface area (TPSA) is 26.3 Å². The van der Waals surface area contributed by atoms with Gasteiger partial charge in [-0.2, -0.15) is 0 Å². The summed E-state index contributed by atoms with van der Waals surface area (Å²) in [4.78, 5) is 11.7. The van der Waals surface area contributed by atoms with E-state index in [1.165, 1.54) is 0 Å². The maximum atomic E-state index is 13.7. The Bertz CT molecular complexity index is 716. The summed E-state index contributed by atoms with van der Waals surface area (Å²) in [5.74, 6) is -3.37. The molecule has 1 aliphatic rings. The molecule has 5 heteroatoms. The van der Waals surface area contributed by atoms with E-state index in [0.717, 1.165) is 11.6 Å². The molecule has 3 rings (SSSR count). The summed E-state index contributed by atoms with van der Waals surface area (Å²) in [5.41, 5.74) is 1.000. The Morgan fingerprint density at radius 3 is 2.39 bits per heavy atom. The highest BCUT2D eigenvalue weighted by Crippen LogP contribution is 2.32. The second-order valence-electron chi connectivity index (χ2n) is 5.71. The second kappa shape index (κ2) is 6.54. The molecule has 0 aromatic heterocycles. The fourth-order valence-electron chi connectivity index (χ4n) is 2.76. The fraction of sp³-hybridized carbons (Fsp3) is 0.278. The van der Waals surface area contributed by atoms with Gasteiger partial charge >= 0.3 is 0 Å². The number of hydrogen-bond acceptors (Lipinski definition) is 2. The zero-order valence-corrected chi connectivity index (χ0v) is 12.3. The first-order valence-electron chi connectivity index (χ1n) is 7.36. The van der Waals surface area contributed by atoms with Crippen molar-refractivity contribution in [2.24, 2.45) is 5.92 Å². The molecule has 1 aliphatic carbocycles. The molecule has 2 nitrogen and oxygen atoms in total. The van der Waals surface area contributed by atoms with Crippen molar-refractivity contribution in [3.05, 3.63) is 71.0 Å². The monoisotopic (exact) mass is 320 g/mol. The highest BCUT2D eigenvalue weighted by molar-refractivity contribution is 5.89. The molecule has 1 saturated carbocycles. The van der Waals surface area contributed by atoms with Crippen LogP contribution in [0.15, 0.2) is 42.5 Å². The molecule has 2 atom stereocenters. The smallest absolute Gasteiger partial charge is 0.162 e. The van der Waals surface area contributed by atoms with Crippen molar-refractivity contribution >= 4 is 5.78 Å². The van der Waals surface area contributed by atoms with Crippen LogP contribution in [0, 0.1) is 23.4 Å². The predicted octanol–water partition coefficient (Wildman–Crippen LogP) is 3.82. The minimum Gasteiger partial charge on any atom is -0.365 e. The van der Waals surface area contributed by atoms with Crippen molar-refractivity contribution in [1.82, 2.24) is 0 Å². The van der Waals surface area contributed by atoms with Gasteiger partial charge in [-0.1, -0.05) is 30.3 Å². The number of ether oxygens (including phenoxy) is 1. The third kappa shape index (κ3) is 3.45. The number of rotatable bonds is 5. The molecule has 0 radical (unpaired) electrons. The molecule has 23 heavy (non-hydrogen) atoms. The first-order valence-corrected chi connectivity index (χ1v) is 7.36. The van der Waals surface area contributed by atoms with Gasteiger partial charge in [-0.15, -0.1) is 0 Å². The van der Waals surface area contributed by atoms with Crippen LogP contribution in [0.2, 0.25) is 0 Å². The molecule has 0 spiro atoms. The average Bonchev–Trinajstić information content (AvgIpc) is 2.53. The number of carbonyl (C=O) groups is 1. The van der Waals surface area contributed by atoms with E-state index in [0.29, 0.717) is 6.07 Å². The number of hydrogen-bond donors (Lipinski definition) is 0. The van der Waals surface area contributed by atoms with Gasteiger partial charge in [0.25, 0.3) is 0 Å². The van der Waals surface area contributed by atoms with Crippen molar-refractivity contribution in [3.63, 3.8) is 0 Å². The molecule has 2 aromatic carbocycles. The Morgan fingerprint density at radius 1 is 1.00 bits per heavy atom. The van der Waals surface area contributed by atoms with Gasteiger partial charge in [-0.3, -0.25) is 4.79 Å². The fourth-order valence-corrected chi connectivity index (χ4v) is 2.76. The first kappa shape index (κ1) is 15.7. The molecular formula is C18H15F3O2. The predicted molar refractivity (Wildman–Crippen MR) is 78.2 cm³/mol. The van der Waals surface area contributed by atoms with Crippen LogP contribution in [-0.4, -0.2) is 11.9 Å². The minimum absolute atomic E-state index is 0.0473. The number of carbonyl (C=O) groups excluding carboxylic acids is 1. The van der Waals surface area contributed by atoms with E-state index in [4.69, 9.17) is 4.74 Å².